The zero-order valence-corrected chi connectivity index (χ0v) is 13.4. The van der Waals surface area contributed by atoms with Crippen LogP contribution in [0.2, 0.25) is 0 Å². The van der Waals surface area contributed by atoms with E-state index in [1.807, 2.05) is 0 Å². The molecule has 24 heavy (non-hydrogen) atoms. The number of ether oxygens (including phenoxy) is 2. The minimum absolute atomic E-state index is 0.470. The summed E-state index contributed by atoms with van der Waals surface area (Å²) >= 11 is 0. The second-order valence-electron chi connectivity index (χ2n) is 4.93. The third-order valence-corrected chi connectivity index (χ3v) is 3.43. The Balaban J connectivity index is 2.28. The van der Waals surface area contributed by atoms with Crippen LogP contribution in [-0.4, -0.2) is 31.5 Å². The van der Waals surface area contributed by atoms with E-state index in [2.05, 4.69) is 10.4 Å². The van der Waals surface area contributed by atoms with Gasteiger partial charge < -0.3 is 25.7 Å². The summed E-state index contributed by atoms with van der Waals surface area (Å²) in [5.41, 5.74) is 2.03. The number of anilines is 1. The number of carboxylic acid groups (broad SMARTS) is 1. The Morgan fingerprint density at radius 2 is 1.83 bits per heavy atom. The van der Waals surface area contributed by atoms with Crippen LogP contribution in [0.15, 0.2) is 47.6 Å². The van der Waals surface area contributed by atoms with Gasteiger partial charge in [0.15, 0.2) is 17.5 Å². The molecule has 0 bridgehead atoms. The fourth-order valence-corrected chi connectivity index (χ4v) is 2.24. The summed E-state index contributed by atoms with van der Waals surface area (Å²) in [6.07, 6.45) is 1.51. The van der Waals surface area contributed by atoms with E-state index in [4.69, 9.17) is 15.3 Å². The summed E-state index contributed by atoms with van der Waals surface area (Å²) in [6.45, 7) is 0. The van der Waals surface area contributed by atoms with Crippen molar-refractivity contribution in [2.75, 3.05) is 19.5 Å². The van der Waals surface area contributed by atoms with Crippen LogP contribution in [0.4, 0.5) is 5.69 Å². The Hall–Kier alpha value is -3.22. The van der Waals surface area contributed by atoms with Gasteiger partial charge in [-0.25, -0.2) is 4.79 Å². The van der Waals surface area contributed by atoms with E-state index in [1.165, 1.54) is 20.4 Å². The van der Waals surface area contributed by atoms with Gasteiger partial charge in [0.1, 0.15) is 0 Å². The van der Waals surface area contributed by atoms with Crippen molar-refractivity contribution >= 4 is 17.9 Å². The van der Waals surface area contributed by atoms with Gasteiger partial charge in [0, 0.05) is 5.69 Å². The summed E-state index contributed by atoms with van der Waals surface area (Å²) in [5.74, 6) is 5.10. The van der Waals surface area contributed by atoms with Crippen molar-refractivity contribution < 1.29 is 19.4 Å². The third kappa shape index (κ3) is 3.95. The number of nitrogens with two attached hydrogens (primary N) is 1. The number of nitrogens with zero attached hydrogens (tertiary/aromatic N) is 1. The second kappa shape index (κ2) is 7.87. The zero-order valence-electron chi connectivity index (χ0n) is 13.4. The molecule has 0 fully saturated rings. The fourth-order valence-electron chi connectivity index (χ4n) is 2.24. The molecule has 1 unspecified atom stereocenters. The van der Waals surface area contributed by atoms with E-state index >= 15 is 0 Å². The largest absolute Gasteiger partial charge is 0.493 e. The standard InChI is InChI=1S/C17H19N3O4/c1-23-14-8-5-12(9-15(14)24-2)16(17(21)22)20-13-6-3-11(4-7-13)10-19-18/h3-10,16,20H,18H2,1-2H3,(H,21,22). The molecule has 0 amide bonds. The van der Waals surface area contributed by atoms with E-state index in [9.17, 15) is 9.90 Å². The first kappa shape index (κ1) is 17.1. The van der Waals surface area contributed by atoms with Crippen molar-refractivity contribution in [1.82, 2.24) is 0 Å². The van der Waals surface area contributed by atoms with Gasteiger partial charge >= 0.3 is 5.97 Å². The maximum Gasteiger partial charge on any atom is 0.330 e. The molecule has 2 aromatic carbocycles. The Morgan fingerprint density at radius 3 is 2.38 bits per heavy atom. The molecule has 4 N–H and O–H groups in total. The Bertz CT molecular complexity index is 729. The van der Waals surface area contributed by atoms with E-state index in [1.54, 1.807) is 42.5 Å². The average molecular weight is 329 g/mol. The third-order valence-electron chi connectivity index (χ3n) is 3.43. The number of carboxylic acids is 1. The number of hydrogen-bond donors (Lipinski definition) is 3. The number of aliphatic carboxylic acids is 1. The van der Waals surface area contributed by atoms with Crippen LogP contribution >= 0.6 is 0 Å². The molecule has 0 aliphatic carbocycles. The monoisotopic (exact) mass is 329 g/mol. The number of hydrazone groups is 1. The smallest absolute Gasteiger partial charge is 0.330 e. The molecule has 0 spiro atoms. The molecule has 0 aliphatic heterocycles. The molecule has 2 aromatic rings. The van der Waals surface area contributed by atoms with Gasteiger partial charge in [-0.1, -0.05) is 18.2 Å². The van der Waals surface area contributed by atoms with E-state index in [0.717, 1.165) is 5.56 Å². The molecule has 126 valence electrons. The number of carbonyl (C=O) groups is 1. The predicted octanol–water partition coefficient (Wildman–Crippen LogP) is 2.23. The lowest BCUT2D eigenvalue weighted by Gasteiger charge is -2.18. The van der Waals surface area contributed by atoms with E-state index in [-0.39, 0.29) is 0 Å². The number of rotatable bonds is 7. The SMILES string of the molecule is COc1ccc(C(Nc2ccc(C=NN)cc2)C(=O)O)cc1OC. The minimum Gasteiger partial charge on any atom is -0.493 e. The highest BCUT2D eigenvalue weighted by Crippen LogP contribution is 2.31. The molecule has 0 aromatic heterocycles. The minimum atomic E-state index is -1.00. The molecule has 1 atom stereocenters. The van der Waals surface area contributed by atoms with Crippen LogP contribution in [0.3, 0.4) is 0 Å². The first-order valence-corrected chi connectivity index (χ1v) is 7.13. The lowest BCUT2D eigenvalue weighted by atomic mass is 10.1. The quantitative estimate of drug-likeness (QED) is 0.408. The van der Waals surface area contributed by atoms with Gasteiger partial charge in [0.2, 0.25) is 0 Å². The van der Waals surface area contributed by atoms with Crippen molar-refractivity contribution in [2.45, 2.75) is 6.04 Å². The number of nitrogens with one attached hydrogen (secondary N) is 1. The predicted molar refractivity (Wildman–Crippen MR) is 91.8 cm³/mol. The van der Waals surface area contributed by atoms with Crippen molar-refractivity contribution in [2.24, 2.45) is 10.9 Å². The van der Waals surface area contributed by atoms with Crippen LogP contribution < -0.4 is 20.6 Å². The van der Waals surface area contributed by atoms with Crippen molar-refractivity contribution in [3.05, 3.63) is 53.6 Å². The number of hydrogen-bond acceptors (Lipinski definition) is 6. The van der Waals surface area contributed by atoms with Crippen molar-refractivity contribution in [1.29, 1.82) is 0 Å². The summed E-state index contributed by atoms with van der Waals surface area (Å²) in [4.78, 5) is 11.7. The zero-order chi connectivity index (χ0) is 17.5. The molecular weight excluding hydrogens is 310 g/mol. The normalized spacial score (nSPS) is 11.9. The lowest BCUT2D eigenvalue weighted by Crippen LogP contribution is -2.20. The van der Waals surface area contributed by atoms with Gasteiger partial charge in [-0.2, -0.15) is 5.10 Å². The van der Waals surface area contributed by atoms with Gasteiger partial charge in [-0.3, -0.25) is 0 Å². The van der Waals surface area contributed by atoms with Crippen LogP contribution in [0, 0.1) is 0 Å². The van der Waals surface area contributed by atoms with Gasteiger partial charge in [0.05, 0.1) is 20.4 Å². The maximum absolute atomic E-state index is 11.7. The van der Waals surface area contributed by atoms with Crippen LogP contribution in [-0.2, 0) is 4.79 Å². The summed E-state index contributed by atoms with van der Waals surface area (Å²) < 4.78 is 10.4. The first-order valence-electron chi connectivity index (χ1n) is 7.13. The summed E-state index contributed by atoms with van der Waals surface area (Å²) in [6, 6.07) is 11.1. The molecule has 2 rings (SSSR count). The molecule has 0 aliphatic rings. The number of benzene rings is 2. The Kier molecular flexibility index (Phi) is 5.62. The molecule has 7 heteroatoms. The number of methoxy groups -OCH3 is 2. The molecule has 7 nitrogen and oxygen atoms in total. The highest BCUT2D eigenvalue weighted by molar-refractivity contribution is 5.82. The van der Waals surface area contributed by atoms with Crippen LogP contribution in [0.25, 0.3) is 0 Å². The molecule has 0 radical (unpaired) electrons. The first-order chi connectivity index (χ1) is 11.6. The summed E-state index contributed by atoms with van der Waals surface area (Å²) in [5, 5.41) is 16.0. The Labute approximate surface area is 139 Å². The fraction of sp³-hybridized carbons (Fsp3) is 0.176. The highest BCUT2D eigenvalue weighted by Gasteiger charge is 2.21. The Morgan fingerprint density at radius 1 is 1.17 bits per heavy atom. The van der Waals surface area contributed by atoms with E-state index in [0.29, 0.717) is 22.7 Å². The molecule has 0 heterocycles. The van der Waals surface area contributed by atoms with Gasteiger partial charge in [-0.05, 0) is 35.4 Å². The molecular formula is C17H19N3O4. The van der Waals surface area contributed by atoms with Gasteiger partial charge in [0.25, 0.3) is 0 Å². The van der Waals surface area contributed by atoms with Crippen molar-refractivity contribution in [3.8, 4) is 11.5 Å². The van der Waals surface area contributed by atoms with Crippen LogP contribution in [0.1, 0.15) is 17.2 Å². The average Bonchev–Trinajstić information content (AvgIpc) is 2.60. The topological polar surface area (TPSA) is 106 Å². The maximum atomic E-state index is 11.7. The lowest BCUT2D eigenvalue weighted by molar-refractivity contribution is -0.138. The van der Waals surface area contributed by atoms with Gasteiger partial charge in [-0.15, -0.1) is 0 Å². The van der Waals surface area contributed by atoms with Crippen LogP contribution in [0.5, 0.6) is 11.5 Å². The summed E-state index contributed by atoms with van der Waals surface area (Å²) in [7, 11) is 3.03. The molecule has 0 saturated carbocycles. The second-order valence-corrected chi connectivity index (χ2v) is 4.93. The molecule has 0 saturated heterocycles. The van der Waals surface area contributed by atoms with E-state index < -0.39 is 12.0 Å². The van der Waals surface area contributed by atoms with Crippen molar-refractivity contribution in [3.63, 3.8) is 0 Å². The highest BCUT2D eigenvalue weighted by atomic mass is 16.5.